The van der Waals surface area contributed by atoms with Gasteiger partial charge in [-0.2, -0.15) is 15.0 Å². The van der Waals surface area contributed by atoms with Gasteiger partial charge < -0.3 is 10.2 Å². The van der Waals surface area contributed by atoms with Gasteiger partial charge in [0.25, 0.3) is 0 Å². The van der Waals surface area contributed by atoms with Gasteiger partial charge >= 0.3 is 0 Å². The summed E-state index contributed by atoms with van der Waals surface area (Å²) in [4.78, 5) is 15.8. The Morgan fingerprint density at radius 2 is 1.55 bits per heavy atom. The van der Waals surface area contributed by atoms with Gasteiger partial charge in [-0.3, -0.25) is 0 Å². The lowest BCUT2D eigenvalue weighted by molar-refractivity contribution is 0.863. The summed E-state index contributed by atoms with van der Waals surface area (Å²) in [6.07, 6.45) is 2.42. The van der Waals surface area contributed by atoms with E-state index >= 15 is 0 Å². The molecule has 5 nitrogen and oxygen atoms in total. The first kappa shape index (κ1) is 14.8. The number of hydrogen-bond acceptors (Lipinski definition) is 5. The number of aromatic nitrogens is 3. The molecule has 1 fully saturated rings. The highest BCUT2D eigenvalue weighted by Crippen LogP contribution is 2.25. The van der Waals surface area contributed by atoms with E-state index in [1.807, 2.05) is 6.92 Å². The van der Waals surface area contributed by atoms with Gasteiger partial charge in [-0.25, -0.2) is 0 Å². The van der Waals surface area contributed by atoms with Crippen LogP contribution in [0.25, 0.3) is 0 Å². The maximum Gasteiger partial charge on any atom is 0.232 e. The zero-order chi connectivity index (χ0) is 15.7. The molecule has 116 valence electrons. The van der Waals surface area contributed by atoms with E-state index in [-0.39, 0.29) is 0 Å². The summed E-state index contributed by atoms with van der Waals surface area (Å²) in [5, 5.41) is 3.38. The second-order valence-corrected chi connectivity index (χ2v) is 6.10. The number of aryl methyl sites for hydroxylation is 4. The Morgan fingerprint density at radius 3 is 2.18 bits per heavy atom. The third-order valence-corrected chi connectivity index (χ3v) is 4.04. The van der Waals surface area contributed by atoms with E-state index in [1.54, 1.807) is 0 Å². The first-order valence-corrected chi connectivity index (χ1v) is 7.85. The fourth-order valence-electron chi connectivity index (χ4n) is 3.07. The molecule has 0 radical (unpaired) electrons. The molecule has 1 N–H and O–H groups in total. The van der Waals surface area contributed by atoms with Crippen molar-refractivity contribution in [2.24, 2.45) is 0 Å². The fourth-order valence-corrected chi connectivity index (χ4v) is 3.07. The van der Waals surface area contributed by atoms with Crippen molar-refractivity contribution in [3.05, 3.63) is 34.6 Å². The van der Waals surface area contributed by atoms with Crippen LogP contribution in [0.1, 0.15) is 35.4 Å². The Morgan fingerprint density at radius 1 is 0.909 bits per heavy atom. The van der Waals surface area contributed by atoms with Crippen molar-refractivity contribution < 1.29 is 0 Å². The molecule has 22 heavy (non-hydrogen) atoms. The maximum absolute atomic E-state index is 4.61. The summed E-state index contributed by atoms with van der Waals surface area (Å²) in [6, 6.07) is 4.34. The second kappa shape index (κ2) is 5.91. The normalized spacial score (nSPS) is 14.5. The Kier molecular flexibility index (Phi) is 3.96. The Balaban J connectivity index is 1.92. The summed E-state index contributed by atoms with van der Waals surface area (Å²) in [5.74, 6) is 2.17. The van der Waals surface area contributed by atoms with Crippen LogP contribution in [-0.2, 0) is 0 Å². The minimum Gasteiger partial charge on any atom is -0.341 e. The van der Waals surface area contributed by atoms with Crippen LogP contribution in [0.2, 0.25) is 0 Å². The summed E-state index contributed by atoms with van der Waals surface area (Å²) < 4.78 is 0. The van der Waals surface area contributed by atoms with Crippen molar-refractivity contribution in [2.45, 2.75) is 40.5 Å². The zero-order valence-electron chi connectivity index (χ0n) is 13.8. The monoisotopic (exact) mass is 297 g/mol. The highest BCUT2D eigenvalue weighted by Gasteiger charge is 2.17. The Hall–Kier alpha value is -2.17. The minimum absolute atomic E-state index is 0.629. The average Bonchev–Trinajstić information content (AvgIpc) is 2.96. The summed E-state index contributed by atoms with van der Waals surface area (Å²) in [6.45, 7) is 10.3. The van der Waals surface area contributed by atoms with Gasteiger partial charge in [0, 0.05) is 18.8 Å². The van der Waals surface area contributed by atoms with Gasteiger partial charge in [0.2, 0.25) is 11.9 Å². The number of rotatable bonds is 3. The van der Waals surface area contributed by atoms with Crippen LogP contribution in [-0.4, -0.2) is 28.0 Å². The maximum atomic E-state index is 4.61. The number of anilines is 3. The van der Waals surface area contributed by atoms with Crippen molar-refractivity contribution in [3.8, 4) is 0 Å². The van der Waals surface area contributed by atoms with Gasteiger partial charge in [-0.1, -0.05) is 17.7 Å². The molecule has 0 spiro atoms. The number of nitrogens with zero attached hydrogens (tertiary/aromatic N) is 4. The predicted molar refractivity (Wildman–Crippen MR) is 89.9 cm³/mol. The Labute approximate surface area is 131 Å². The second-order valence-electron chi connectivity index (χ2n) is 6.10. The average molecular weight is 297 g/mol. The van der Waals surface area contributed by atoms with Crippen molar-refractivity contribution >= 4 is 17.6 Å². The highest BCUT2D eigenvalue weighted by molar-refractivity contribution is 5.64. The number of benzene rings is 1. The minimum atomic E-state index is 0.629. The lowest BCUT2D eigenvalue weighted by atomic mass is 10.1. The fraction of sp³-hybridized carbons (Fsp3) is 0.471. The number of hydrogen-bond donors (Lipinski definition) is 1. The van der Waals surface area contributed by atoms with Crippen molar-refractivity contribution in [1.82, 2.24) is 15.0 Å². The molecule has 0 atom stereocenters. The van der Waals surface area contributed by atoms with Crippen LogP contribution in [0.3, 0.4) is 0 Å². The zero-order valence-corrected chi connectivity index (χ0v) is 13.8. The Bertz CT molecular complexity index is 666. The van der Waals surface area contributed by atoms with Gasteiger partial charge in [-0.05, 0) is 51.7 Å². The summed E-state index contributed by atoms with van der Waals surface area (Å²) in [7, 11) is 0. The summed E-state index contributed by atoms with van der Waals surface area (Å²) >= 11 is 0. The first-order chi connectivity index (χ1) is 10.5. The molecule has 0 bridgehead atoms. The van der Waals surface area contributed by atoms with Crippen molar-refractivity contribution in [3.63, 3.8) is 0 Å². The van der Waals surface area contributed by atoms with E-state index in [4.69, 9.17) is 0 Å². The van der Waals surface area contributed by atoms with E-state index in [9.17, 15) is 0 Å². The molecule has 0 amide bonds. The van der Waals surface area contributed by atoms with Crippen LogP contribution in [0.15, 0.2) is 12.1 Å². The molecule has 5 heteroatoms. The standard InChI is InChI=1S/C17H23N5/c1-11-9-12(2)15(13(3)10-11)20-16-18-14(4)19-17(21-16)22-7-5-6-8-22/h9-10H,5-8H2,1-4H3,(H,18,19,20,21). The predicted octanol–water partition coefficient (Wildman–Crippen LogP) is 3.45. The lowest BCUT2D eigenvalue weighted by Gasteiger charge is -2.17. The summed E-state index contributed by atoms with van der Waals surface area (Å²) in [5.41, 5.74) is 4.77. The van der Waals surface area contributed by atoms with Crippen LogP contribution in [0.4, 0.5) is 17.6 Å². The molecule has 1 saturated heterocycles. The van der Waals surface area contributed by atoms with Gasteiger partial charge in [0.05, 0.1) is 0 Å². The van der Waals surface area contributed by atoms with E-state index in [0.717, 1.165) is 30.5 Å². The molecule has 0 aliphatic carbocycles. The molecule has 1 aliphatic rings. The molecule has 1 aromatic heterocycles. The van der Waals surface area contributed by atoms with Crippen LogP contribution >= 0.6 is 0 Å². The molecular weight excluding hydrogens is 274 g/mol. The molecule has 2 heterocycles. The van der Waals surface area contributed by atoms with Crippen LogP contribution in [0, 0.1) is 27.7 Å². The number of nitrogens with one attached hydrogen (secondary N) is 1. The van der Waals surface area contributed by atoms with Gasteiger partial charge in [-0.15, -0.1) is 0 Å². The van der Waals surface area contributed by atoms with E-state index in [0.29, 0.717) is 5.95 Å². The van der Waals surface area contributed by atoms with E-state index in [1.165, 1.54) is 29.5 Å². The topological polar surface area (TPSA) is 53.9 Å². The molecule has 1 aliphatic heterocycles. The molecule has 2 aromatic rings. The van der Waals surface area contributed by atoms with E-state index in [2.05, 4.69) is 58.1 Å². The molecule has 3 rings (SSSR count). The van der Waals surface area contributed by atoms with Crippen molar-refractivity contribution in [2.75, 3.05) is 23.3 Å². The third kappa shape index (κ3) is 3.03. The first-order valence-electron chi connectivity index (χ1n) is 7.85. The molecular formula is C17H23N5. The largest absolute Gasteiger partial charge is 0.341 e. The quantitative estimate of drug-likeness (QED) is 0.940. The molecule has 0 unspecified atom stereocenters. The molecule has 0 saturated carbocycles. The molecule has 1 aromatic carbocycles. The van der Waals surface area contributed by atoms with Crippen LogP contribution < -0.4 is 10.2 Å². The van der Waals surface area contributed by atoms with Gasteiger partial charge in [0.15, 0.2) is 0 Å². The smallest absolute Gasteiger partial charge is 0.232 e. The van der Waals surface area contributed by atoms with Crippen molar-refractivity contribution in [1.29, 1.82) is 0 Å². The lowest BCUT2D eigenvalue weighted by Crippen LogP contribution is -2.21. The van der Waals surface area contributed by atoms with Crippen LogP contribution in [0.5, 0.6) is 0 Å². The van der Waals surface area contributed by atoms with Gasteiger partial charge in [0.1, 0.15) is 5.82 Å². The SMILES string of the molecule is Cc1cc(C)c(Nc2nc(C)nc(N3CCCC3)n2)c(C)c1. The third-order valence-electron chi connectivity index (χ3n) is 4.04. The van der Waals surface area contributed by atoms with E-state index < -0.39 is 0 Å². The highest BCUT2D eigenvalue weighted by atomic mass is 15.3.